The van der Waals surface area contributed by atoms with Crippen molar-refractivity contribution in [3.8, 4) is 0 Å². The number of hydrogen-bond acceptors (Lipinski definition) is 7. The lowest BCUT2D eigenvalue weighted by Crippen LogP contribution is -2.40. The third-order valence-electron chi connectivity index (χ3n) is 7.81. The van der Waals surface area contributed by atoms with Crippen molar-refractivity contribution in [2.75, 3.05) is 7.11 Å². The summed E-state index contributed by atoms with van der Waals surface area (Å²) < 4.78 is 9.40. The molecule has 6 rings (SSSR count). The number of esters is 1. The second-order valence-corrected chi connectivity index (χ2v) is 11.2. The van der Waals surface area contributed by atoms with Crippen molar-refractivity contribution in [1.29, 1.82) is 0 Å². The summed E-state index contributed by atoms with van der Waals surface area (Å²) in [5.74, 6) is -0.506. The van der Waals surface area contributed by atoms with Crippen molar-refractivity contribution >= 4 is 40.0 Å². The fourth-order valence-electron chi connectivity index (χ4n) is 5.70. The Morgan fingerprint density at radius 2 is 1.77 bits per heavy atom. The molecule has 10 heteroatoms. The van der Waals surface area contributed by atoms with Crippen LogP contribution in [0.3, 0.4) is 0 Å². The van der Waals surface area contributed by atoms with Crippen molar-refractivity contribution in [2.24, 2.45) is 4.99 Å². The molecule has 43 heavy (non-hydrogen) atoms. The standard InChI is InChI=1S/C33H28N4O5S/c1-4-26-29(32(39)42-3)30(22-10-6-5-7-11-22)36-31(38)28(43-33(36)34-26)18-25-20(2)35(27-13-9-8-12-24(25)27)19-21-14-16-23(17-15-21)37(40)41/h5-18,30H,4,19H2,1-3H3/b28-18-/t30-/m1/s1. The molecule has 0 saturated heterocycles. The maximum absolute atomic E-state index is 14.1. The zero-order valence-electron chi connectivity index (χ0n) is 23.8. The highest BCUT2D eigenvalue weighted by molar-refractivity contribution is 7.07. The molecule has 1 aliphatic rings. The first-order chi connectivity index (χ1) is 20.8. The Hall–Kier alpha value is -5.09. The summed E-state index contributed by atoms with van der Waals surface area (Å²) in [5, 5.41) is 12.1. The van der Waals surface area contributed by atoms with E-state index in [1.165, 1.54) is 30.6 Å². The topological polar surface area (TPSA) is 109 Å². The number of para-hydroxylation sites is 1. The van der Waals surface area contributed by atoms with Crippen LogP contribution in [0.5, 0.6) is 0 Å². The number of ether oxygens (including phenoxy) is 1. The molecular weight excluding hydrogens is 564 g/mol. The summed E-state index contributed by atoms with van der Waals surface area (Å²) in [6, 6.07) is 23.3. The monoisotopic (exact) mass is 592 g/mol. The Kier molecular flexibility index (Phi) is 7.37. The van der Waals surface area contributed by atoms with Crippen LogP contribution in [0, 0.1) is 17.0 Å². The molecule has 1 atom stereocenters. The van der Waals surface area contributed by atoms with Crippen LogP contribution in [-0.4, -0.2) is 27.1 Å². The summed E-state index contributed by atoms with van der Waals surface area (Å²) >= 11 is 1.30. The van der Waals surface area contributed by atoms with Gasteiger partial charge in [0.2, 0.25) is 0 Å². The minimum absolute atomic E-state index is 0.0456. The number of hydrogen-bond donors (Lipinski definition) is 0. The van der Waals surface area contributed by atoms with E-state index in [1.54, 1.807) is 16.7 Å². The second-order valence-electron chi connectivity index (χ2n) is 10.2. The van der Waals surface area contributed by atoms with Crippen molar-refractivity contribution in [3.05, 3.63) is 142 Å². The molecule has 0 spiro atoms. The molecule has 216 valence electrons. The highest BCUT2D eigenvalue weighted by Gasteiger charge is 2.33. The van der Waals surface area contributed by atoms with Gasteiger partial charge >= 0.3 is 5.97 Å². The van der Waals surface area contributed by atoms with E-state index < -0.39 is 16.9 Å². The summed E-state index contributed by atoms with van der Waals surface area (Å²) in [6.45, 7) is 4.45. The third-order valence-corrected chi connectivity index (χ3v) is 8.79. The molecule has 0 amide bonds. The number of nitro benzene ring substituents is 1. The number of aromatic nitrogens is 2. The second kappa shape index (κ2) is 11.3. The van der Waals surface area contributed by atoms with Crippen LogP contribution in [0.15, 0.2) is 99.9 Å². The summed E-state index contributed by atoms with van der Waals surface area (Å²) in [6.07, 6.45) is 2.41. The fourth-order valence-corrected chi connectivity index (χ4v) is 6.70. The van der Waals surface area contributed by atoms with Crippen LogP contribution in [0.25, 0.3) is 17.0 Å². The van der Waals surface area contributed by atoms with Crippen LogP contribution in [-0.2, 0) is 16.1 Å². The van der Waals surface area contributed by atoms with Gasteiger partial charge in [-0.25, -0.2) is 9.79 Å². The Morgan fingerprint density at radius 1 is 1.07 bits per heavy atom. The van der Waals surface area contributed by atoms with Gasteiger partial charge in [-0.1, -0.05) is 78.9 Å². The number of carbonyl (C=O) groups is 1. The van der Waals surface area contributed by atoms with Gasteiger partial charge in [-0.05, 0) is 36.6 Å². The van der Waals surface area contributed by atoms with Gasteiger partial charge in [0, 0.05) is 40.8 Å². The van der Waals surface area contributed by atoms with Gasteiger partial charge in [0.15, 0.2) is 4.80 Å². The Balaban J connectivity index is 1.53. The smallest absolute Gasteiger partial charge is 0.338 e. The minimum Gasteiger partial charge on any atom is -0.466 e. The van der Waals surface area contributed by atoms with Gasteiger partial charge in [-0.15, -0.1) is 0 Å². The van der Waals surface area contributed by atoms with Crippen molar-refractivity contribution in [1.82, 2.24) is 9.13 Å². The maximum Gasteiger partial charge on any atom is 0.338 e. The molecule has 9 nitrogen and oxygen atoms in total. The number of allylic oxidation sites excluding steroid dienone is 1. The number of carbonyl (C=O) groups excluding carboxylic acids is 1. The van der Waals surface area contributed by atoms with E-state index in [9.17, 15) is 19.7 Å². The molecule has 0 unspecified atom stereocenters. The van der Waals surface area contributed by atoms with Crippen LogP contribution >= 0.6 is 11.3 Å². The predicted molar refractivity (Wildman–Crippen MR) is 166 cm³/mol. The molecule has 3 heterocycles. The summed E-state index contributed by atoms with van der Waals surface area (Å²) in [7, 11) is 1.34. The van der Waals surface area contributed by atoms with Gasteiger partial charge in [0.1, 0.15) is 0 Å². The van der Waals surface area contributed by atoms with E-state index in [0.717, 1.165) is 33.3 Å². The summed E-state index contributed by atoms with van der Waals surface area (Å²) in [4.78, 5) is 43.2. The number of non-ortho nitro benzene ring substituents is 1. The first kappa shape index (κ1) is 28.0. The highest BCUT2D eigenvalue weighted by atomic mass is 32.1. The van der Waals surface area contributed by atoms with Crippen LogP contribution < -0.4 is 14.9 Å². The highest BCUT2D eigenvalue weighted by Crippen LogP contribution is 2.32. The van der Waals surface area contributed by atoms with Gasteiger partial charge in [0.25, 0.3) is 11.2 Å². The molecule has 0 bridgehead atoms. The lowest BCUT2D eigenvalue weighted by atomic mass is 9.95. The van der Waals surface area contributed by atoms with E-state index in [-0.39, 0.29) is 11.2 Å². The summed E-state index contributed by atoms with van der Waals surface area (Å²) in [5.41, 5.74) is 5.34. The molecule has 0 N–H and O–H groups in total. The average molecular weight is 593 g/mol. The minimum atomic E-state index is -0.661. The normalized spacial score (nSPS) is 15.0. The molecule has 0 radical (unpaired) electrons. The van der Waals surface area contributed by atoms with Gasteiger partial charge in [0.05, 0.1) is 33.9 Å². The van der Waals surface area contributed by atoms with Crippen molar-refractivity contribution in [3.63, 3.8) is 0 Å². The fraction of sp³-hybridized carbons (Fsp3) is 0.182. The molecule has 5 aromatic rings. The van der Waals surface area contributed by atoms with E-state index in [1.807, 2.05) is 74.5 Å². The largest absolute Gasteiger partial charge is 0.466 e. The maximum atomic E-state index is 14.1. The Morgan fingerprint density at radius 3 is 2.44 bits per heavy atom. The predicted octanol–water partition coefficient (Wildman–Crippen LogP) is 5.02. The first-order valence-electron chi connectivity index (χ1n) is 13.8. The number of rotatable bonds is 7. The molecular formula is C33H28N4O5S. The number of fused-ring (bicyclic) bond motifs is 2. The molecule has 0 saturated carbocycles. The molecule has 0 aliphatic carbocycles. The van der Waals surface area contributed by atoms with Crippen molar-refractivity contribution < 1.29 is 14.5 Å². The number of thiazole rings is 1. The SMILES string of the molecule is CCC1=C(C(=O)OC)[C@@H](c2ccccc2)n2c(s/c(=C\c3c(C)n(Cc4ccc([N+](=O)[O-])cc4)c4ccccc34)c2=O)=N1. The van der Waals surface area contributed by atoms with Gasteiger partial charge < -0.3 is 9.30 Å². The number of nitro groups is 1. The van der Waals surface area contributed by atoms with E-state index >= 15 is 0 Å². The first-order valence-corrected chi connectivity index (χ1v) is 14.6. The van der Waals surface area contributed by atoms with Gasteiger partial charge in [-0.3, -0.25) is 19.5 Å². The zero-order valence-corrected chi connectivity index (χ0v) is 24.6. The zero-order chi connectivity index (χ0) is 30.2. The third kappa shape index (κ3) is 4.89. The lowest BCUT2D eigenvalue weighted by molar-refractivity contribution is -0.384. The Bertz CT molecular complexity index is 2100. The van der Waals surface area contributed by atoms with E-state index in [0.29, 0.717) is 33.6 Å². The molecule has 1 aliphatic heterocycles. The number of nitrogens with zero attached hydrogens (tertiary/aromatic N) is 4. The van der Waals surface area contributed by atoms with E-state index in [2.05, 4.69) is 4.57 Å². The molecule has 3 aromatic carbocycles. The lowest BCUT2D eigenvalue weighted by Gasteiger charge is -2.25. The van der Waals surface area contributed by atoms with Crippen molar-refractivity contribution in [2.45, 2.75) is 32.9 Å². The number of benzene rings is 3. The Labute approximate surface area is 250 Å². The number of methoxy groups -OCH3 is 1. The van der Waals surface area contributed by atoms with Gasteiger partial charge in [-0.2, -0.15) is 0 Å². The van der Waals surface area contributed by atoms with Crippen LogP contribution in [0.1, 0.15) is 41.8 Å². The van der Waals surface area contributed by atoms with Crippen LogP contribution in [0.4, 0.5) is 5.69 Å². The quantitative estimate of drug-likeness (QED) is 0.150. The van der Waals surface area contributed by atoms with E-state index in [4.69, 9.17) is 9.73 Å². The van der Waals surface area contributed by atoms with Crippen LogP contribution in [0.2, 0.25) is 0 Å². The molecule has 2 aromatic heterocycles. The average Bonchev–Trinajstić information content (AvgIpc) is 3.48. The molecule has 0 fully saturated rings.